The monoisotopic (exact) mass is 466 g/mol. The van der Waals surface area contributed by atoms with Crippen molar-refractivity contribution in [2.45, 2.75) is 37.6 Å². The van der Waals surface area contributed by atoms with Crippen molar-refractivity contribution in [1.82, 2.24) is 19.8 Å². The zero-order valence-corrected chi connectivity index (χ0v) is 18.7. The van der Waals surface area contributed by atoms with Gasteiger partial charge in [0.25, 0.3) is 5.56 Å². The predicted octanol–water partition coefficient (Wildman–Crippen LogP) is 1.63. The number of benzene rings is 1. The van der Waals surface area contributed by atoms with Gasteiger partial charge in [-0.3, -0.25) is 14.7 Å². The van der Waals surface area contributed by atoms with Gasteiger partial charge in [0.1, 0.15) is 19.0 Å². The van der Waals surface area contributed by atoms with Crippen LogP contribution in [-0.4, -0.2) is 64.6 Å². The molecule has 1 saturated heterocycles. The van der Waals surface area contributed by atoms with Gasteiger partial charge < -0.3 is 24.5 Å². The standard InChI is InChI=1S/C25H27FN4O4/c26-18-3-1-15-2-4-23(32)30-13-16(24(18)25(15)30)12-29-6-5-19(20(31)14-29)28-10-17-9-21-22(11-27-17)34-8-7-33-21/h1-4,9,11,16,19-20,28,31H,5-8,10,12-14H2/t16?,19-,20+/m0/s1. The van der Waals surface area contributed by atoms with Gasteiger partial charge in [0.2, 0.25) is 0 Å². The minimum absolute atomic E-state index is 0.0604. The lowest BCUT2D eigenvalue weighted by molar-refractivity contribution is 0.0367. The lowest BCUT2D eigenvalue weighted by Gasteiger charge is -2.37. The second kappa shape index (κ2) is 8.65. The van der Waals surface area contributed by atoms with Gasteiger partial charge in [0, 0.05) is 55.8 Å². The number of pyridine rings is 2. The molecule has 9 heteroatoms. The Kier molecular flexibility index (Phi) is 5.47. The Labute approximate surface area is 195 Å². The number of piperidine rings is 1. The van der Waals surface area contributed by atoms with Gasteiger partial charge in [-0.05, 0) is 36.6 Å². The Bertz CT molecular complexity index is 1300. The summed E-state index contributed by atoms with van der Waals surface area (Å²) in [7, 11) is 0. The third-order valence-electron chi connectivity index (χ3n) is 7.12. The van der Waals surface area contributed by atoms with E-state index in [-0.39, 0.29) is 23.3 Å². The van der Waals surface area contributed by atoms with Crippen LogP contribution in [0.3, 0.4) is 0 Å². The first-order valence-corrected chi connectivity index (χ1v) is 11.8. The van der Waals surface area contributed by atoms with Crippen LogP contribution in [0.5, 0.6) is 11.5 Å². The van der Waals surface area contributed by atoms with Crippen LogP contribution in [0.1, 0.15) is 23.6 Å². The first-order valence-electron chi connectivity index (χ1n) is 11.8. The van der Waals surface area contributed by atoms with Crippen molar-refractivity contribution in [1.29, 1.82) is 0 Å². The third-order valence-corrected chi connectivity index (χ3v) is 7.12. The largest absolute Gasteiger partial charge is 0.486 e. The Balaban J connectivity index is 1.09. The average molecular weight is 467 g/mol. The first-order chi connectivity index (χ1) is 16.6. The van der Waals surface area contributed by atoms with Gasteiger partial charge in [0.15, 0.2) is 11.5 Å². The summed E-state index contributed by atoms with van der Waals surface area (Å²) in [6.45, 7) is 3.92. The van der Waals surface area contributed by atoms with Gasteiger partial charge in [-0.2, -0.15) is 0 Å². The van der Waals surface area contributed by atoms with Crippen LogP contribution in [0.2, 0.25) is 0 Å². The molecule has 0 bridgehead atoms. The molecule has 1 aromatic carbocycles. The third kappa shape index (κ3) is 3.83. The molecular weight excluding hydrogens is 439 g/mol. The summed E-state index contributed by atoms with van der Waals surface area (Å²) >= 11 is 0. The van der Waals surface area contributed by atoms with E-state index in [9.17, 15) is 14.3 Å². The van der Waals surface area contributed by atoms with Crippen molar-refractivity contribution in [3.63, 3.8) is 0 Å². The fraction of sp³-hybridized carbons (Fsp3) is 0.440. The summed E-state index contributed by atoms with van der Waals surface area (Å²) < 4.78 is 27.6. The highest BCUT2D eigenvalue weighted by Crippen LogP contribution is 2.35. The summed E-state index contributed by atoms with van der Waals surface area (Å²) in [4.78, 5) is 19.0. The molecule has 2 aromatic heterocycles. The SMILES string of the molecule is O=c1ccc2ccc(F)c3c2n1CC3CN1CC[C@H](NCc2cc3c(cn2)OCCO3)[C@H](O)C1. The number of aliphatic hydroxyl groups excluding tert-OH is 1. The first kappa shape index (κ1) is 21.5. The molecule has 0 amide bonds. The number of hydrogen-bond donors (Lipinski definition) is 2. The number of aromatic nitrogens is 2. The van der Waals surface area contributed by atoms with Gasteiger partial charge in [-0.15, -0.1) is 0 Å². The molecule has 2 N–H and O–H groups in total. The number of fused-ring (bicyclic) bond motifs is 1. The molecule has 3 aliphatic heterocycles. The molecule has 0 radical (unpaired) electrons. The van der Waals surface area contributed by atoms with E-state index >= 15 is 0 Å². The van der Waals surface area contributed by atoms with Crippen LogP contribution in [-0.2, 0) is 13.1 Å². The molecule has 3 aliphatic rings. The number of hydrogen-bond acceptors (Lipinski definition) is 7. The lowest BCUT2D eigenvalue weighted by atomic mass is 9.96. The van der Waals surface area contributed by atoms with E-state index in [2.05, 4.69) is 15.2 Å². The number of β-amino-alcohol motifs (C(OH)–C–C–N with tert-alkyl or cyclic N) is 1. The number of aliphatic hydroxyl groups is 1. The molecule has 1 fully saturated rings. The maximum absolute atomic E-state index is 14.8. The van der Waals surface area contributed by atoms with E-state index in [0.29, 0.717) is 62.0 Å². The van der Waals surface area contributed by atoms with E-state index in [1.165, 1.54) is 6.07 Å². The van der Waals surface area contributed by atoms with E-state index in [1.807, 2.05) is 6.07 Å². The molecule has 6 rings (SSSR count). The van der Waals surface area contributed by atoms with Gasteiger partial charge >= 0.3 is 0 Å². The summed E-state index contributed by atoms with van der Waals surface area (Å²) in [6, 6.07) is 8.33. The molecule has 3 aromatic rings. The average Bonchev–Trinajstić information content (AvgIpc) is 3.23. The smallest absolute Gasteiger partial charge is 0.251 e. The normalized spacial score (nSPS) is 24.0. The Morgan fingerprint density at radius 2 is 1.97 bits per heavy atom. The van der Waals surface area contributed by atoms with Gasteiger partial charge in [-0.1, -0.05) is 0 Å². The minimum atomic E-state index is -0.557. The molecule has 8 nitrogen and oxygen atoms in total. The van der Waals surface area contributed by atoms with Crippen molar-refractivity contribution in [2.24, 2.45) is 0 Å². The maximum atomic E-state index is 14.8. The summed E-state index contributed by atoms with van der Waals surface area (Å²) in [6.07, 6.45) is 1.88. The van der Waals surface area contributed by atoms with Gasteiger partial charge in [0.05, 0.1) is 23.5 Å². The minimum Gasteiger partial charge on any atom is -0.486 e. The molecule has 3 atom stereocenters. The van der Waals surface area contributed by atoms with Crippen LogP contribution < -0.4 is 20.3 Å². The van der Waals surface area contributed by atoms with E-state index in [4.69, 9.17) is 9.47 Å². The molecule has 5 heterocycles. The maximum Gasteiger partial charge on any atom is 0.251 e. The molecule has 1 unspecified atom stereocenters. The highest BCUT2D eigenvalue weighted by atomic mass is 19.1. The van der Waals surface area contributed by atoms with Crippen molar-refractivity contribution in [2.75, 3.05) is 32.8 Å². The number of ether oxygens (including phenoxy) is 2. The second-order valence-electron chi connectivity index (χ2n) is 9.30. The fourth-order valence-electron chi connectivity index (χ4n) is 5.46. The number of likely N-dealkylation sites (tertiary alicyclic amines) is 1. The van der Waals surface area contributed by atoms with E-state index in [1.54, 1.807) is 29.0 Å². The van der Waals surface area contributed by atoms with Crippen LogP contribution in [0.4, 0.5) is 4.39 Å². The molecular formula is C25H27FN4O4. The number of halogens is 1. The Morgan fingerprint density at radius 3 is 2.82 bits per heavy atom. The highest BCUT2D eigenvalue weighted by Gasteiger charge is 2.33. The Morgan fingerprint density at radius 1 is 1.15 bits per heavy atom. The van der Waals surface area contributed by atoms with E-state index < -0.39 is 6.10 Å². The number of rotatable bonds is 5. The van der Waals surface area contributed by atoms with Crippen molar-refractivity contribution in [3.8, 4) is 11.5 Å². The van der Waals surface area contributed by atoms with E-state index in [0.717, 1.165) is 24.0 Å². The molecule has 0 saturated carbocycles. The van der Waals surface area contributed by atoms with Crippen LogP contribution in [0.15, 0.2) is 41.3 Å². The second-order valence-corrected chi connectivity index (χ2v) is 9.30. The highest BCUT2D eigenvalue weighted by molar-refractivity contribution is 5.84. The lowest BCUT2D eigenvalue weighted by Crippen LogP contribution is -2.53. The topological polar surface area (TPSA) is 88.9 Å². The molecule has 0 spiro atoms. The zero-order valence-electron chi connectivity index (χ0n) is 18.7. The van der Waals surface area contributed by atoms with Crippen molar-refractivity contribution in [3.05, 3.63) is 64.0 Å². The zero-order chi connectivity index (χ0) is 23.2. The quantitative estimate of drug-likeness (QED) is 0.591. The van der Waals surface area contributed by atoms with Gasteiger partial charge in [-0.25, -0.2) is 4.39 Å². The predicted molar refractivity (Wildman–Crippen MR) is 124 cm³/mol. The van der Waals surface area contributed by atoms with Crippen LogP contribution in [0.25, 0.3) is 10.9 Å². The van der Waals surface area contributed by atoms with Crippen LogP contribution >= 0.6 is 0 Å². The summed E-state index contributed by atoms with van der Waals surface area (Å²) in [5.74, 6) is 0.981. The molecule has 34 heavy (non-hydrogen) atoms. The Hall–Kier alpha value is -3.01. The summed E-state index contributed by atoms with van der Waals surface area (Å²) in [5.41, 5.74) is 2.06. The van der Waals surface area contributed by atoms with Crippen LogP contribution in [0, 0.1) is 5.82 Å². The summed E-state index contributed by atoms with van der Waals surface area (Å²) in [5, 5.41) is 15.1. The molecule has 0 aliphatic carbocycles. The van der Waals surface area contributed by atoms with Crippen molar-refractivity contribution >= 4 is 10.9 Å². The fourth-order valence-corrected chi connectivity index (χ4v) is 5.46. The molecule has 178 valence electrons. The van der Waals surface area contributed by atoms with Crippen molar-refractivity contribution < 1.29 is 19.0 Å². The number of nitrogens with zero attached hydrogens (tertiary/aromatic N) is 3. The number of nitrogens with one attached hydrogen (secondary N) is 1.